The third-order valence-electron chi connectivity index (χ3n) is 7.23. The van der Waals surface area contributed by atoms with Crippen molar-refractivity contribution in [3.05, 3.63) is 156 Å². The van der Waals surface area contributed by atoms with E-state index >= 15 is 0 Å². The van der Waals surface area contributed by atoms with Gasteiger partial charge >= 0.3 is 0 Å². The van der Waals surface area contributed by atoms with Crippen molar-refractivity contribution in [2.75, 3.05) is 0 Å². The molecule has 0 atom stereocenters. The Balaban J connectivity index is 1.44. The van der Waals surface area contributed by atoms with Gasteiger partial charge in [-0.2, -0.15) is 0 Å². The van der Waals surface area contributed by atoms with Gasteiger partial charge in [0.25, 0.3) is 0 Å². The fraction of sp³-hybridized carbons (Fsp3) is 0.167. The van der Waals surface area contributed by atoms with Crippen LogP contribution in [0.15, 0.2) is 140 Å². The first-order valence-electron chi connectivity index (χ1n) is 13.4. The Kier molecular flexibility index (Phi) is 7.89. The number of rotatable bonds is 8. The molecule has 0 aliphatic rings. The van der Waals surface area contributed by atoms with Gasteiger partial charge in [0, 0.05) is 13.1 Å². The van der Waals surface area contributed by atoms with Crippen molar-refractivity contribution in [1.82, 2.24) is 5.32 Å². The quantitative estimate of drug-likeness (QED) is 0.222. The number of benzene rings is 5. The standard InChI is InChI=1S/C36H37NP/c1-36(2,3)31-23-19-29(20-24-31)27-37-28-30-21-25-35(26-22-30)38(32-13-7-4-8-14-32,33-15-9-5-10-16-33)34-17-11-6-12-18-34/h4-26,37H,27-28H2,1-3H3/q+1. The fourth-order valence-corrected chi connectivity index (χ4v) is 9.40. The first-order valence-corrected chi connectivity index (χ1v) is 15.2. The van der Waals surface area contributed by atoms with Crippen LogP contribution in [-0.2, 0) is 18.5 Å². The lowest BCUT2D eigenvalue weighted by Gasteiger charge is -2.27. The molecule has 190 valence electrons. The van der Waals surface area contributed by atoms with Crippen LogP contribution in [0.25, 0.3) is 0 Å². The van der Waals surface area contributed by atoms with E-state index < -0.39 is 7.26 Å². The minimum absolute atomic E-state index is 0.185. The zero-order valence-electron chi connectivity index (χ0n) is 22.6. The summed E-state index contributed by atoms with van der Waals surface area (Å²) in [5, 5.41) is 9.15. The predicted octanol–water partition coefficient (Wildman–Crippen LogP) is 6.89. The van der Waals surface area contributed by atoms with Crippen molar-refractivity contribution < 1.29 is 0 Å². The lowest BCUT2D eigenvalue weighted by atomic mass is 9.87. The Hall–Kier alpha value is -3.51. The maximum Gasteiger partial charge on any atom is 0.144 e. The van der Waals surface area contributed by atoms with E-state index in [4.69, 9.17) is 0 Å². The molecule has 0 aliphatic carbocycles. The molecule has 2 heteroatoms. The average Bonchev–Trinajstić information content (AvgIpc) is 2.96. The molecule has 0 bridgehead atoms. The summed E-state index contributed by atoms with van der Waals surface area (Å²) < 4.78 is 0. The third-order valence-corrected chi connectivity index (χ3v) is 11.5. The third kappa shape index (κ3) is 5.51. The molecule has 1 N–H and O–H groups in total. The molecule has 0 saturated carbocycles. The molecule has 5 aromatic carbocycles. The summed E-state index contributed by atoms with van der Waals surface area (Å²) in [6.45, 7) is 8.48. The van der Waals surface area contributed by atoms with Crippen LogP contribution in [-0.4, -0.2) is 0 Å². The molecule has 0 saturated heterocycles. The Morgan fingerprint density at radius 3 is 1.16 bits per heavy atom. The van der Waals surface area contributed by atoms with Crippen LogP contribution in [0.3, 0.4) is 0 Å². The molecule has 1 nitrogen and oxygen atoms in total. The summed E-state index contributed by atoms with van der Waals surface area (Å²) in [5.41, 5.74) is 4.17. The topological polar surface area (TPSA) is 12.0 Å². The SMILES string of the molecule is CC(C)(C)c1ccc(CNCc2ccc([P+](c3ccccc3)(c3ccccc3)c3ccccc3)cc2)cc1. The van der Waals surface area contributed by atoms with Crippen molar-refractivity contribution >= 4 is 28.5 Å². The molecule has 38 heavy (non-hydrogen) atoms. The van der Waals surface area contributed by atoms with E-state index in [1.54, 1.807) is 0 Å². The molecule has 0 heterocycles. The predicted molar refractivity (Wildman–Crippen MR) is 167 cm³/mol. The molecule has 0 amide bonds. The minimum Gasteiger partial charge on any atom is -0.309 e. The molecule has 0 aromatic heterocycles. The molecular weight excluding hydrogens is 477 g/mol. The van der Waals surface area contributed by atoms with Gasteiger partial charge in [-0.3, -0.25) is 0 Å². The van der Waals surface area contributed by atoms with Gasteiger partial charge in [-0.15, -0.1) is 0 Å². The van der Waals surface area contributed by atoms with Gasteiger partial charge in [0.2, 0.25) is 0 Å². The fourth-order valence-electron chi connectivity index (χ4n) is 5.16. The van der Waals surface area contributed by atoms with E-state index in [9.17, 15) is 0 Å². The maximum absolute atomic E-state index is 3.64. The van der Waals surface area contributed by atoms with Gasteiger partial charge in [-0.1, -0.05) is 112 Å². The van der Waals surface area contributed by atoms with E-state index in [0.29, 0.717) is 0 Å². The van der Waals surface area contributed by atoms with E-state index in [1.807, 2.05) is 0 Å². The highest BCUT2D eigenvalue weighted by molar-refractivity contribution is 8.01. The van der Waals surface area contributed by atoms with Crippen molar-refractivity contribution in [3.63, 3.8) is 0 Å². The molecule has 0 unspecified atom stereocenters. The van der Waals surface area contributed by atoms with Gasteiger partial charge in [-0.25, -0.2) is 0 Å². The van der Waals surface area contributed by atoms with Gasteiger partial charge < -0.3 is 5.32 Å². The Morgan fingerprint density at radius 2 is 0.789 bits per heavy atom. The molecule has 0 fully saturated rings. The van der Waals surface area contributed by atoms with E-state index in [1.165, 1.54) is 37.9 Å². The molecule has 5 rings (SSSR count). The lowest BCUT2D eigenvalue weighted by molar-refractivity contribution is 0.589. The van der Waals surface area contributed by atoms with Crippen molar-refractivity contribution in [2.24, 2.45) is 0 Å². The Bertz CT molecular complexity index is 1320. The van der Waals surface area contributed by atoms with Crippen LogP contribution < -0.4 is 26.5 Å². The van der Waals surface area contributed by atoms with Crippen LogP contribution >= 0.6 is 7.26 Å². The summed E-state index contributed by atoms with van der Waals surface area (Å²) in [5.74, 6) is 0. The number of hydrogen-bond acceptors (Lipinski definition) is 1. The average molecular weight is 515 g/mol. The van der Waals surface area contributed by atoms with E-state index in [0.717, 1.165) is 13.1 Å². The van der Waals surface area contributed by atoms with Crippen LogP contribution in [0.4, 0.5) is 0 Å². The highest BCUT2D eigenvalue weighted by atomic mass is 31.2. The minimum atomic E-state index is -2.04. The summed E-state index contributed by atoms with van der Waals surface area (Å²) in [6.07, 6.45) is 0. The van der Waals surface area contributed by atoms with Crippen LogP contribution in [0.2, 0.25) is 0 Å². The number of hydrogen-bond donors (Lipinski definition) is 1. The molecule has 0 aliphatic heterocycles. The van der Waals surface area contributed by atoms with E-state index in [-0.39, 0.29) is 5.41 Å². The largest absolute Gasteiger partial charge is 0.309 e. The van der Waals surface area contributed by atoms with Crippen LogP contribution in [0.5, 0.6) is 0 Å². The summed E-state index contributed by atoms with van der Waals surface area (Å²) >= 11 is 0. The molecular formula is C36H37NP+. The van der Waals surface area contributed by atoms with Gasteiger partial charge in [0.05, 0.1) is 0 Å². The normalized spacial score (nSPS) is 11.9. The van der Waals surface area contributed by atoms with E-state index in [2.05, 4.69) is 166 Å². The Labute approximate surface area is 228 Å². The number of nitrogens with one attached hydrogen (secondary N) is 1. The molecule has 0 spiro atoms. The first kappa shape index (κ1) is 26.1. The zero-order valence-corrected chi connectivity index (χ0v) is 23.5. The molecule has 5 aromatic rings. The van der Waals surface area contributed by atoms with Crippen LogP contribution in [0, 0.1) is 0 Å². The second-order valence-electron chi connectivity index (χ2n) is 10.9. The second-order valence-corrected chi connectivity index (χ2v) is 14.3. The maximum atomic E-state index is 3.64. The van der Waals surface area contributed by atoms with Crippen molar-refractivity contribution in [3.8, 4) is 0 Å². The van der Waals surface area contributed by atoms with Gasteiger partial charge in [0.15, 0.2) is 0 Å². The summed E-state index contributed by atoms with van der Waals surface area (Å²) in [6, 6.07) is 51.5. The van der Waals surface area contributed by atoms with Gasteiger partial charge in [-0.05, 0) is 70.6 Å². The smallest absolute Gasteiger partial charge is 0.144 e. The lowest BCUT2D eigenvalue weighted by Crippen LogP contribution is -2.38. The zero-order chi connectivity index (χ0) is 26.4. The Morgan fingerprint density at radius 1 is 0.447 bits per heavy atom. The van der Waals surface area contributed by atoms with Crippen molar-refractivity contribution in [1.29, 1.82) is 0 Å². The highest BCUT2D eigenvalue weighted by Gasteiger charge is 2.47. The highest BCUT2D eigenvalue weighted by Crippen LogP contribution is 2.54. The first-order chi connectivity index (χ1) is 18.5. The van der Waals surface area contributed by atoms with Gasteiger partial charge in [0.1, 0.15) is 28.5 Å². The van der Waals surface area contributed by atoms with Crippen LogP contribution in [0.1, 0.15) is 37.5 Å². The molecule has 0 radical (unpaired) electrons. The summed E-state index contributed by atoms with van der Waals surface area (Å²) in [4.78, 5) is 0. The van der Waals surface area contributed by atoms with Crippen molar-refractivity contribution in [2.45, 2.75) is 39.3 Å². The monoisotopic (exact) mass is 514 g/mol. The summed E-state index contributed by atoms with van der Waals surface area (Å²) in [7, 11) is -2.04. The second kappa shape index (κ2) is 11.5.